The highest BCUT2D eigenvalue weighted by atomic mass is 32.2. The van der Waals surface area contributed by atoms with Gasteiger partial charge in [0.25, 0.3) is 10.1 Å². The molecular formula is C8H12O3S. The van der Waals surface area contributed by atoms with Crippen LogP contribution in [0.1, 0.15) is 20.3 Å². The Labute approximate surface area is 72.5 Å². The maximum Gasteiger partial charge on any atom is 0.290 e. The van der Waals surface area contributed by atoms with E-state index in [1.807, 2.05) is 13.0 Å². The minimum atomic E-state index is -3.98. The third kappa shape index (κ3) is 1.95. The van der Waals surface area contributed by atoms with E-state index >= 15 is 0 Å². The first-order chi connectivity index (χ1) is 5.41. The van der Waals surface area contributed by atoms with Crippen LogP contribution in [0.2, 0.25) is 0 Å². The van der Waals surface area contributed by atoms with Crippen LogP contribution < -0.4 is 0 Å². The quantitative estimate of drug-likeness (QED) is 0.638. The molecule has 0 bridgehead atoms. The van der Waals surface area contributed by atoms with Crippen molar-refractivity contribution in [3.8, 4) is 0 Å². The molecule has 68 valence electrons. The van der Waals surface area contributed by atoms with Crippen molar-refractivity contribution in [1.29, 1.82) is 0 Å². The molecule has 0 heterocycles. The van der Waals surface area contributed by atoms with Gasteiger partial charge in [0.2, 0.25) is 0 Å². The summed E-state index contributed by atoms with van der Waals surface area (Å²) in [6.45, 7) is 3.60. The second-order valence-corrected chi connectivity index (χ2v) is 4.56. The largest absolute Gasteiger partial charge is 0.290 e. The van der Waals surface area contributed by atoms with Gasteiger partial charge in [-0.05, 0) is 24.8 Å². The Morgan fingerprint density at radius 1 is 1.58 bits per heavy atom. The predicted molar refractivity (Wildman–Crippen MR) is 47.2 cm³/mol. The van der Waals surface area contributed by atoms with E-state index < -0.39 is 10.1 Å². The molecule has 0 amide bonds. The summed E-state index contributed by atoms with van der Waals surface area (Å²) in [5.41, 5.74) is 0.635. The molecule has 1 unspecified atom stereocenters. The molecule has 0 aromatic heterocycles. The molecule has 1 rings (SSSR count). The fourth-order valence-corrected chi connectivity index (χ4v) is 2.18. The third-order valence-corrected chi connectivity index (χ3v) is 3.04. The first kappa shape index (κ1) is 9.48. The lowest BCUT2D eigenvalue weighted by atomic mass is 9.99. The number of hydrogen-bond donors (Lipinski definition) is 1. The monoisotopic (exact) mass is 188 g/mol. The van der Waals surface area contributed by atoms with Crippen molar-refractivity contribution in [2.75, 3.05) is 0 Å². The Balaban J connectivity index is 3.11. The van der Waals surface area contributed by atoms with Crippen LogP contribution in [0.15, 0.2) is 22.6 Å². The van der Waals surface area contributed by atoms with Crippen molar-refractivity contribution in [3.63, 3.8) is 0 Å². The third-order valence-electron chi connectivity index (χ3n) is 1.93. The SMILES string of the molecule is CC1=C(S(=O)(=O)O)CC(C)C=C1. The van der Waals surface area contributed by atoms with E-state index in [1.54, 1.807) is 13.0 Å². The fourth-order valence-electron chi connectivity index (χ4n) is 1.23. The molecule has 1 atom stereocenters. The highest BCUT2D eigenvalue weighted by molar-refractivity contribution is 7.89. The van der Waals surface area contributed by atoms with Crippen molar-refractivity contribution < 1.29 is 13.0 Å². The number of rotatable bonds is 1. The molecular weight excluding hydrogens is 176 g/mol. The molecule has 0 spiro atoms. The van der Waals surface area contributed by atoms with Gasteiger partial charge >= 0.3 is 0 Å². The van der Waals surface area contributed by atoms with Crippen LogP contribution in [0, 0.1) is 5.92 Å². The highest BCUT2D eigenvalue weighted by Crippen LogP contribution is 2.26. The summed E-state index contributed by atoms with van der Waals surface area (Å²) in [5.74, 6) is 0.186. The van der Waals surface area contributed by atoms with E-state index in [-0.39, 0.29) is 10.8 Å². The maximum atomic E-state index is 10.8. The van der Waals surface area contributed by atoms with Gasteiger partial charge < -0.3 is 0 Å². The first-order valence-corrected chi connectivity index (χ1v) is 5.20. The van der Waals surface area contributed by atoms with E-state index in [1.165, 1.54) is 0 Å². The minimum absolute atomic E-state index is 0.150. The van der Waals surface area contributed by atoms with E-state index in [9.17, 15) is 8.42 Å². The van der Waals surface area contributed by atoms with Crippen molar-refractivity contribution in [3.05, 3.63) is 22.6 Å². The zero-order valence-corrected chi connectivity index (χ0v) is 7.93. The van der Waals surface area contributed by atoms with Crippen LogP contribution in [-0.4, -0.2) is 13.0 Å². The van der Waals surface area contributed by atoms with Crippen molar-refractivity contribution in [1.82, 2.24) is 0 Å². The maximum absolute atomic E-state index is 10.8. The lowest BCUT2D eigenvalue weighted by molar-refractivity contribution is 0.486. The summed E-state index contributed by atoms with van der Waals surface area (Å²) in [6, 6.07) is 0. The van der Waals surface area contributed by atoms with Gasteiger partial charge in [-0.1, -0.05) is 19.1 Å². The fraction of sp³-hybridized carbons (Fsp3) is 0.500. The summed E-state index contributed by atoms with van der Waals surface area (Å²) in [5, 5.41) is 0. The molecule has 4 heteroatoms. The van der Waals surface area contributed by atoms with Crippen LogP contribution in [0.3, 0.4) is 0 Å². The van der Waals surface area contributed by atoms with Crippen LogP contribution in [-0.2, 0) is 10.1 Å². The van der Waals surface area contributed by atoms with Crippen LogP contribution in [0.4, 0.5) is 0 Å². The molecule has 0 saturated carbocycles. The summed E-state index contributed by atoms with van der Waals surface area (Å²) in [7, 11) is -3.98. The van der Waals surface area contributed by atoms with Gasteiger partial charge in [-0.2, -0.15) is 8.42 Å². The second-order valence-electron chi connectivity index (χ2n) is 3.12. The number of hydrogen-bond acceptors (Lipinski definition) is 2. The summed E-state index contributed by atoms with van der Waals surface area (Å²) < 4.78 is 30.4. The van der Waals surface area contributed by atoms with E-state index in [0.717, 1.165) is 0 Å². The molecule has 3 nitrogen and oxygen atoms in total. The predicted octanol–water partition coefficient (Wildman–Crippen LogP) is 1.74. The smallest absolute Gasteiger partial charge is 0.282 e. The van der Waals surface area contributed by atoms with Gasteiger partial charge in [0.15, 0.2) is 0 Å². The van der Waals surface area contributed by atoms with Gasteiger partial charge in [0.1, 0.15) is 0 Å². The van der Waals surface area contributed by atoms with Crippen LogP contribution in [0.5, 0.6) is 0 Å². The summed E-state index contributed by atoms with van der Waals surface area (Å²) >= 11 is 0. The lowest BCUT2D eigenvalue weighted by Gasteiger charge is -2.15. The van der Waals surface area contributed by atoms with Gasteiger partial charge in [0.05, 0.1) is 4.91 Å². The van der Waals surface area contributed by atoms with E-state index in [2.05, 4.69) is 0 Å². The van der Waals surface area contributed by atoms with Crippen LogP contribution in [0.25, 0.3) is 0 Å². The molecule has 0 aliphatic heterocycles. The van der Waals surface area contributed by atoms with E-state index in [4.69, 9.17) is 4.55 Å². The molecule has 0 aromatic carbocycles. The van der Waals surface area contributed by atoms with Gasteiger partial charge in [-0.3, -0.25) is 4.55 Å². The molecule has 1 aliphatic carbocycles. The Bertz CT molecular complexity index is 335. The minimum Gasteiger partial charge on any atom is -0.282 e. The average Bonchev–Trinajstić information content (AvgIpc) is 1.92. The van der Waals surface area contributed by atoms with Crippen molar-refractivity contribution >= 4 is 10.1 Å². The first-order valence-electron chi connectivity index (χ1n) is 3.76. The molecule has 12 heavy (non-hydrogen) atoms. The second kappa shape index (κ2) is 3.03. The zero-order chi connectivity index (χ0) is 9.35. The van der Waals surface area contributed by atoms with Gasteiger partial charge in [0, 0.05) is 0 Å². The average molecular weight is 188 g/mol. The zero-order valence-electron chi connectivity index (χ0n) is 7.11. The van der Waals surface area contributed by atoms with Gasteiger partial charge in [-0.25, -0.2) is 0 Å². The molecule has 1 aliphatic rings. The van der Waals surface area contributed by atoms with Gasteiger partial charge in [-0.15, -0.1) is 0 Å². The summed E-state index contributed by atoms with van der Waals surface area (Å²) in [6.07, 6.45) is 4.07. The Morgan fingerprint density at radius 2 is 2.17 bits per heavy atom. The number of allylic oxidation sites excluding steroid dienone is 4. The van der Waals surface area contributed by atoms with Crippen molar-refractivity contribution in [2.24, 2.45) is 5.92 Å². The Hall–Kier alpha value is -0.610. The normalized spacial score (nSPS) is 24.8. The molecule has 1 N–H and O–H groups in total. The molecule has 0 saturated heterocycles. The van der Waals surface area contributed by atoms with Crippen LogP contribution >= 0.6 is 0 Å². The standard InChI is InChI=1S/C8H12O3S/c1-6-3-4-7(2)8(5-6)12(9,10)11/h3-4,6H,5H2,1-2H3,(H,9,10,11). The molecule has 0 fully saturated rings. The van der Waals surface area contributed by atoms with Crippen molar-refractivity contribution in [2.45, 2.75) is 20.3 Å². The van der Waals surface area contributed by atoms with E-state index in [0.29, 0.717) is 12.0 Å². The highest BCUT2D eigenvalue weighted by Gasteiger charge is 2.20. The lowest BCUT2D eigenvalue weighted by Crippen LogP contribution is -2.10. The Kier molecular flexibility index (Phi) is 2.39. The summed E-state index contributed by atoms with van der Waals surface area (Å²) in [4.78, 5) is 0.150. The molecule has 0 radical (unpaired) electrons. The Morgan fingerprint density at radius 3 is 2.58 bits per heavy atom. The topological polar surface area (TPSA) is 54.4 Å². The molecule has 0 aromatic rings.